The Bertz CT molecular complexity index is 922. The summed E-state index contributed by atoms with van der Waals surface area (Å²) in [6.07, 6.45) is 5.13. The molecule has 0 aliphatic carbocycles. The molecule has 0 N–H and O–H groups in total. The lowest BCUT2D eigenvalue weighted by atomic mass is 10.0. The molecule has 0 bridgehead atoms. The zero-order valence-electron chi connectivity index (χ0n) is 18.4. The summed E-state index contributed by atoms with van der Waals surface area (Å²) < 4.78 is 5.46. The van der Waals surface area contributed by atoms with E-state index < -0.39 is 0 Å². The van der Waals surface area contributed by atoms with Crippen molar-refractivity contribution >= 4 is 17.5 Å². The fourth-order valence-corrected chi connectivity index (χ4v) is 4.74. The van der Waals surface area contributed by atoms with Crippen molar-refractivity contribution in [3.63, 3.8) is 0 Å². The van der Waals surface area contributed by atoms with Crippen molar-refractivity contribution < 1.29 is 9.53 Å². The Kier molecular flexibility index (Phi) is 7.20. The van der Waals surface area contributed by atoms with Crippen molar-refractivity contribution in [2.24, 2.45) is 0 Å². The second-order valence-corrected chi connectivity index (χ2v) is 8.96. The molecule has 3 heterocycles. The number of aromatic nitrogens is 2. The van der Waals surface area contributed by atoms with E-state index in [1.807, 2.05) is 30.9 Å². The van der Waals surface area contributed by atoms with E-state index in [9.17, 15) is 4.79 Å². The van der Waals surface area contributed by atoms with Crippen LogP contribution in [0, 0.1) is 13.8 Å². The molecule has 2 aliphatic rings. The molecular formula is C24H31ClN4O2. The number of carbonyl (C=O) groups excluding carboxylic acids is 1. The Morgan fingerprint density at radius 2 is 1.84 bits per heavy atom. The predicted octanol–water partition coefficient (Wildman–Crippen LogP) is 3.47. The van der Waals surface area contributed by atoms with Crippen LogP contribution in [0.1, 0.15) is 45.7 Å². The number of benzene rings is 1. The van der Waals surface area contributed by atoms with Gasteiger partial charge in [-0.15, -0.1) is 0 Å². The van der Waals surface area contributed by atoms with Crippen LogP contribution in [-0.2, 0) is 17.6 Å². The summed E-state index contributed by atoms with van der Waals surface area (Å²) >= 11 is 6.25. The van der Waals surface area contributed by atoms with Crippen molar-refractivity contribution in [3.8, 4) is 0 Å². The number of rotatable bonds is 5. The maximum atomic E-state index is 13.2. The van der Waals surface area contributed by atoms with Crippen LogP contribution in [-0.4, -0.2) is 71.1 Å². The van der Waals surface area contributed by atoms with Gasteiger partial charge < -0.3 is 9.64 Å². The normalized spacial score (nSPS) is 18.4. The van der Waals surface area contributed by atoms with Gasteiger partial charge in [-0.2, -0.15) is 0 Å². The first-order valence-corrected chi connectivity index (χ1v) is 11.6. The highest BCUT2D eigenvalue weighted by atomic mass is 35.5. The molecule has 166 valence electrons. The maximum absolute atomic E-state index is 13.2. The molecule has 0 atom stereocenters. The van der Waals surface area contributed by atoms with Crippen LogP contribution >= 0.6 is 11.6 Å². The SMILES string of the molecule is Cc1ccc(CCc2ncnc(C(=O)N3CCC(N4CCOCC4)CC3)c2C)cc1Cl. The fourth-order valence-electron chi connectivity index (χ4n) is 4.54. The predicted molar refractivity (Wildman–Crippen MR) is 122 cm³/mol. The van der Waals surface area contributed by atoms with Gasteiger partial charge >= 0.3 is 0 Å². The van der Waals surface area contributed by atoms with Gasteiger partial charge in [-0.25, -0.2) is 9.97 Å². The number of piperidine rings is 1. The zero-order chi connectivity index (χ0) is 21.8. The van der Waals surface area contributed by atoms with Gasteiger partial charge in [-0.3, -0.25) is 9.69 Å². The van der Waals surface area contributed by atoms with Gasteiger partial charge in [0.2, 0.25) is 0 Å². The largest absolute Gasteiger partial charge is 0.379 e. The number of nitrogens with zero attached hydrogens (tertiary/aromatic N) is 4. The lowest BCUT2D eigenvalue weighted by Crippen LogP contribution is -2.50. The van der Waals surface area contributed by atoms with E-state index in [4.69, 9.17) is 16.3 Å². The lowest BCUT2D eigenvalue weighted by molar-refractivity contribution is 0.00151. The molecule has 2 aliphatic heterocycles. The van der Waals surface area contributed by atoms with Crippen molar-refractivity contribution in [2.45, 2.75) is 45.6 Å². The van der Waals surface area contributed by atoms with Gasteiger partial charge in [0.15, 0.2) is 0 Å². The highest BCUT2D eigenvalue weighted by Crippen LogP contribution is 2.22. The summed E-state index contributed by atoms with van der Waals surface area (Å²) in [7, 11) is 0. The van der Waals surface area contributed by atoms with Crippen molar-refractivity contribution in [1.82, 2.24) is 19.8 Å². The third-order valence-corrected chi connectivity index (χ3v) is 7.00. The summed E-state index contributed by atoms with van der Waals surface area (Å²) in [6.45, 7) is 9.16. The van der Waals surface area contributed by atoms with Crippen LogP contribution < -0.4 is 0 Å². The van der Waals surface area contributed by atoms with E-state index in [1.54, 1.807) is 0 Å². The standard InChI is InChI=1S/C24H31ClN4O2/c1-17-3-4-19(15-21(17)25)5-6-22-18(2)23(27-16-26-22)24(30)29-9-7-20(8-10-29)28-11-13-31-14-12-28/h3-4,15-16,20H,5-14H2,1-2H3. The minimum atomic E-state index is 0.0277. The first-order chi connectivity index (χ1) is 15.0. The summed E-state index contributed by atoms with van der Waals surface area (Å²) in [4.78, 5) is 26.5. The van der Waals surface area contributed by atoms with E-state index in [-0.39, 0.29) is 5.91 Å². The molecule has 2 saturated heterocycles. The molecule has 7 heteroatoms. The number of halogens is 1. The van der Waals surface area contributed by atoms with Crippen LogP contribution in [0.5, 0.6) is 0 Å². The van der Waals surface area contributed by atoms with Gasteiger partial charge in [-0.1, -0.05) is 23.7 Å². The van der Waals surface area contributed by atoms with Gasteiger partial charge in [-0.05, 0) is 56.7 Å². The topological polar surface area (TPSA) is 58.6 Å². The molecule has 1 amide bonds. The Hall–Kier alpha value is -2.02. The number of aryl methyl sites for hydroxylation is 3. The molecule has 0 saturated carbocycles. The van der Waals surface area contributed by atoms with Gasteiger partial charge in [0.1, 0.15) is 12.0 Å². The van der Waals surface area contributed by atoms with Crippen LogP contribution in [0.2, 0.25) is 5.02 Å². The van der Waals surface area contributed by atoms with Crippen molar-refractivity contribution in [1.29, 1.82) is 0 Å². The Labute approximate surface area is 189 Å². The highest BCUT2D eigenvalue weighted by Gasteiger charge is 2.29. The maximum Gasteiger partial charge on any atom is 0.272 e. The number of carbonyl (C=O) groups is 1. The first kappa shape index (κ1) is 22.2. The second kappa shape index (κ2) is 10.1. The zero-order valence-corrected chi connectivity index (χ0v) is 19.2. The molecule has 1 aromatic heterocycles. The monoisotopic (exact) mass is 442 g/mol. The highest BCUT2D eigenvalue weighted by molar-refractivity contribution is 6.31. The number of hydrogen-bond donors (Lipinski definition) is 0. The van der Waals surface area contributed by atoms with E-state index >= 15 is 0 Å². The van der Waals surface area contributed by atoms with Crippen LogP contribution in [0.3, 0.4) is 0 Å². The third-order valence-electron chi connectivity index (χ3n) is 6.59. The number of likely N-dealkylation sites (tertiary alicyclic amines) is 1. The van der Waals surface area contributed by atoms with Crippen molar-refractivity contribution in [2.75, 3.05) is 39.4 Å². The summed E-state index contributed by atoms with van der Waals surface area (Å²) in [5.41, 5.74) is 4.61. The fraction of sp³-hybridized carbons (Fsp3) is 0.542. The van der Waals surface area contributed by atoms with Crippen LogP contribution in [0.4, 0.5) is 0 Å². The van der Waals surface area contributed by atoms with Gasteiger partial charge in [0.25, 0.3) is 5.91 Å². The number of amides is 1. The summed E-state index contributed by atoms with van der Waals surface area (Å²) in [5.74, 6) is 0.0277. The summed E-state index contributed by atoms with van der Waals surface area (Å²) in [5, 5.41) is 0.785. The summed E-state index contributed by atoms with van der Waals surface area (Å²) in [6, 6.07) is 6.71. The molecule has 1 aromatic carbocycles. The molecule has 6 nitrogen and oxygen atoms in total. The molecule has 4 rings (SSSR count). The number of hydrogen-bond acceptors (Lipinski definition) is 5. The molecule has 0 unspecified atom stereocenters. The molecule has 2 aromatic rings. The van der Waals surface area contributed by atoms with Crippen LogP contribution in [0.15, 0.2) is 24.5 Å². The average molecular weight is 443 g/mol. The molecular weight excluding hydrogens is 412 g/mol. The third kappa shape index (κ3) is 5.25. The first-order valence-electron chi connectivity index (χ1n) is 11.2. The smallest absolute Gasteiger partial charge is 0.272 e. The molecule has 2 fully saturated rings. The van der Waals surface area contributed by atoms with E-state index in [0.29, 0.717) is 11.7 Å². The minimum Gasteiger partial charge on any atom is -0.379 e. The minimum absolute atomic E-state index is 0.0277. The quantitative estimate of drug-likeness (QED) is 0.709. The van der Waals surface area contributed by atoms with Gasteiger partial charge in [0.05, 0.1) is 13.2 Å². The van der Waals surface area contributed by atoms with E-state index in [0.717, 1.165) is 86.9 Å². The molecule has 0 spiro atoms. The van der Waals surface area contributed by atoms with E-state index in [1.165, 1.54) is 11.9 Å². The van der Waals surface area contributed by atoms with Crippen molar-refractivity contribution in [3.05, 3.63) is 57.6 Å². The Morgan fingerprint density at radius 3 is 2.55 bits per heavy atom. The van der Waals surface area contributed by atoms with E-state index in [2.05, 4.69) is 20.9 Å². The number of ether oxygens (including phenoxy) is 1. The van der Waals surface area contributed by atoms with Gasteiger partial charge in [0, 0.05) is 48.5 Å². The lowest BCUT2D eigenvalue weighted by Gasteiger charge is -2.40. The molecule has 0 radical (unpaired) electrons. The Morgan fingerprint density at radius 1 is 1.10 bits per heavy atom. The number of morpholine rings is 1. The van der Waals surface area contributed by atoms with Crippen LogP contribution in [0.25, 0.3) is 0 Å². The Balaban J connectivity index is 1.38. The second-order valence-electron chi connectivity index (χ2n) is 8.55. The molecule has 31 heavy (non-hydrogen) atoms. The average Bonchev–Trinajstić information content (AvgIpc) is 2.81.